The zero-order valence-electron chi connectivity index (χ0n) is 13.5. The molecular formula is C17H17FN4O3. The van der Waals surface area contributed by atoms with Gasteiger partial charge >= 0.3 is 0 Å². The minimum absolute atomic E-state index is 0.219. The molecule has 2 N–H and O–H groups in total. The third kappa shape index (κ3) is 1.94. The highest BCUT2D eigenvalue weighted by Gasteiger charge is 2.31. The van der Waals surface area contributed by atoms with E-state index >= 15 is 4.39 Å². The average molecular weight is 344 g/mol. The van der Waals surface area contributed by atoms with Gasteiger partial charge in [-0.15, -0.1) is 0 Å². The Morgan fingerprint density at radius 1 is 1.36 bits per heavy atom. The first-order valence-corrected chi connectivity index (χ1v) is 8.40. The van der Waals surface area contributed by atoms with E-state index in [9.17, 15) is 4.79 Å². The normalized spacial score (nSPS) is 19.8. The van der Waals surface area contributed by atoms with E-state index in [0.29, 0.717) is 59.9 Å². The number of hydrogen-bond acceptors (Lipinski definition) is 6. The van der Waals surface area contributed by atoms with Crippen molar-refractivity contribution < 1.29 is 13.7 Å². The number of nitrogens with zero attached hydrogens (tertiary/aromatic N) is 3. The van der Waals surface area contributed by atoms with Crippen LogP contribution in [0, 0.1) is 11.7 Å². The van der Waals surface area contributed by atoms with Crippen LogP contribution in [-0.4, -0.2) is 36.0 Å². The topological polar surface area (TPSA) is 86.5 Å². The first kappa shape index (κ1) is 14.7. The smallest absolute Gasteiger partial charge is 0.281 e. The van der Waals surface area contributed by atoms with E-state index in [0.717, 1.165) is 13.0 Å². The maximum absolute atomic E-state index is 15.0. The van der Waals surface area contributed by atoms with Crippen LogP contribution in [0.2, 0.25) is 0 Å². The summed E-state index contributed by atoms with van der Waals surface area (Å²) in [5.74, 6) is 0.405. The predicted octanol–water partition coefficient (Wildman–Crippen LogP) is 1.46. The number of rotatable bonds is 2. The highest BCUT2D eigenvalue weighted by atomic mass is 19.1. The van der Waals surface area contributed by atoms with Gasteiger partial charge in [0.25, 0.3) is 5.56 Å². The largest absolute Gasteiger partial charge is 0.487 e. The molecule has 8 heteroatoms. The van der Waals surface area contributed by atoms with Gasteiger partial charge in [0.05, 0.1) is 17.4 Å². The van der Waals surface area contributed by atoms with E-state index in [-0.39, 0.29) is 16.9 Å². The van der Waals surface area contributed by atoms with Gasteiger partial charge in [0.15, 0.2) is 17.1 Å². The Morgan fingerprint density at radius 3 is 3.04 bits per heavy atom. The van der Waals surface area contributed by atoms with Crippen molar-refractivity contribution in [2.45, 2.75) is 13.0 Å². The SMILES string of the molecule is NCC1CCN(c2c(F)cc3c4conc4c(=O)n4c3c2OCC4)C1. The maximum Gasteiger partial charge on any atom is 0.281 e. The van der Waals surface area contributed by atoms with Crippen molar-refractivity contribution in [1.29, 1.82) is 0 Å². The lowest BCUT2D eigenvalue weighted by Gasteiger charge is -2.27. The molecule has 1 fully saturated rings. The molecule has 1 aromatic carbocycles. The number of pyridine rings is 1. The van der Waals surface area contributed by atoms with Crippen LogP contribution in [0.15, 0.2) is 21.6 Å². The Balaban J connectivity index is 1.84. The molecule has 130 valence electrons. The van der Waals surface area contributed by atoms with E-state index in [1.807, 2.05) is 4.90 Å². The lowest BCUT2D eigenvalue weighted by atomic mass is 10.1. The fraction of sp³-hybridized carbons (Fsp3) is 0.412. The molecular weight excluding hydrogens is 327 g/mol. The fourth-order valence-corrected chi connectivity index (χ4v) is 4.00. The minimum Gasteiger partial charge on any atom is -0.487 e. The summed E-state index contributed by atoms with van der Waals surface area (Å²) in [7, 11) is 0. The van der Waals surface area contributed by atoms with Crippen LogP contribution in [0.25, 0.3) is 21.8 Å². The lowest BCUT2D eigenvalue weighted by molar-refractivity contribution is 0.283. The molecule has 0 bridgehead atoms. The molecule has 2 aliphatic heterocycles. The summed E-state index contributed by atoms with van der Waals surface area (Å²) in [5, 5.41) is 4.88. The van der Waals surface area contributed by atoms with E-state index < -0.39 is 0 Å². The molecule has 0 saturated carbocycles. The summed E-state index contributed by atoms with van der Waals surface area (Å²) in [6.07, 6.45) is 2.30. The van der Waals surface area contributed by atoms with Gasteiger partial charge in [-0.05, 0) is 24.9 Å². The van der Waals surface area contributed by atoms with Crippen LogP contribution >= 0.6 is 0 Å². The van der Waals surface area contributed by atoms with Crippen LogP contribution in [-0.2, 0) is 6.54 Å². The average Bonchev–Trinajstić information content (AvgIpc) is 3.28. The van der Waals surface area contributed by atoms with Gasteiger partial charge in [0, 0.05) is 18.5 Å². The molecule has 5 rings (SSSR count). The molecule has 3 aromatic rings. The van der Waals surface area contributed by atoms with Crippen molar-refractivity contribution >= 4 is 27.5 Å². The molecule has 4 heterocycles. The third-order valence-corrected chi connectivity index (χ3v) is 5.26. The van der Waals surface area contributed by atoms with Crippen molar-refractivity contribution in [3.8, 4) is 5.75 Å². The number of nitrogens with two attached hydrogens (primary N) is 1. The highest BCUT2D eigenvalue weighted by molar-refractivity contribution is 6.08. The molecule has 0 amide bonds. The molecule has 0 spiro atoms. The summed E-state index contributed by atoms with van der Waals surface area (Å²) in [6.45, 7) is 2.71. The van der Waals surface area contributed by atoms with Crippen LogP contribution in [0.5, 0.6) is 5.75 Å². The number of halogens is 1. The van der Waals surface area contributed by atoms with Crippen molar-refractivity contribution in [3.05, 3.63) is 28.5 Å². The van der Waals surface area contributed by atoms with Crippen LogP contribution in [0.1, 0.15) is 6.42 Å². The Morgan fingerprint density at radius 2 is 2.24 bits per heavy atom. The summed E-state index contributed by atoms with van der Waals surface area (Å²) in [5.41, 5.74) is 6.78. The van der Waals surface area contributed by atoms with Crippen molar-refractivity contribution in [1.82, 2.24) is 9.72 Å². The molecule has 1 saturated heterocycles. The Bertz CT molecular complexity index is 1060. The van der Waals surface area contributed by atoms with Gasteiger partial charge in [-0.1, -0.05) is 5.16 Å². The molecule has 1 atom stereocenters. The van der Waals surface area contributed by atoms with E-state index in [1.165, 1.54) is 12.3 Å². The Labute approximate surface area is 141 Å². The van der Waals surface area contributed by atoms with Gasteiger partial charge < -0.3 is 19.9 Å². The number of ether oxygens (including phenoxy) is 1. The first-order valence-electron chi connectivity index (χ1n) is 8.40. The van der Waals surface area contributed by atoms with Gasteiger partial charge in [-0.2, -0.15) is 0 Å². The standard InChI is InChI=1S/C17H17FN4O3/c18-12-5-10-11-8-25-20-13(11)17(23)22-3-4-24-16(14(10)22)15(12)21-2-1-9(6-19)7-21/h5,8-9H,1-4,6-7,19H2. The van der Waals surface area contributed by atoms with Crippen molar-refractivity contribution in [3.63, 3.8) is 0 Å². The number of hydrogen-bond donors (Lipinski definition) is 1. The van der Waals surface area contributed by atoms with Crippen molar-refractivity contribution in [2.75, 3.05) is 31.1 Å². The number of anilines is 1. The fourth-order valence-electron chi connectivity index (χ4n) is 4.00. The van der Waals surface area contributed by atoms with Gasteiger partial charge in [-0.3, -0.25) is 9.36 Å². The molecule has 0 radical (unpaired) electrons. The van der Waals surface area contributed by atoms with Crippen LogP contribution < -0.4 is 20.9 Å². The quantitative estimate of drug-likeness (QED) is 0.757. The Kier molecular flexibility index (Phi) is 3.05. The second-order valence-corrected chi connectivity index (χ2v) is 6.65. The van der Waals surface area contributed by atoms with E-state index in [4.69, 9.17) is 15.0 Å². The van der Waals surface area contributed by atoms with Crippen LogP contribution in [0.4, 0.5) is 10.1 Å². The van der Waals surface area contributed by atoms with Crippen LogP contribution in [0.3, 0.4) is 0 Å². The molecule has 7 nitrogen and oxygen atoms in total. The van der Waals surface area contributed by atoms with Gasteiger partial charge in [0.1, 0.15) is 18.6 Å². The predicted molar refractivity (Wildman–Crippen MR) is 90.6 cm³/mol. The molecule has 1 unspecified atom stereocenters. The van der Waals surface area contributed by atoms with Gasteiger partial charge in [-0.25, -0.2) is 4.39 Å². The van der Waals surface area contributed by atoms with Crippen molar-refractivity contribution in [2.24, 2.45) is 11.7 Å². The lowest BCUT2D eigenvalue weighted by Crippen LogP contribution is -2.30. The Hall–Kier alpha value is -2.61. The van der Waals surface area contributed by atoms with E-state index in [2.05, 4.69) is 5.16 Å². The zero-order chi connectivity index (χ0) is 17.1. The van der Waals surface area contributed by atoms with E-state index in [1.54, 1.807) is 4.57 Å². The number of aromatic nitrogens is 2. The highest BCUT2D eigenvalue weighted by Crippen LogP contribution is 2.43. The number of benzene rings is 1. The summed E-state index contributed by atoms with van der Waals surface area (Å²) < 4.78 is 27.5. The maximum atomic E-state index is 15.0. The zero-order valence-corrected chi connectivity index (χ0v) is 13.5. The third-order valence-electron chi connectivity index (χ3n) is 5.26. The monoisotopic (exact) mass is 344 g/mol. The molecule has 0 aliphatic carbocycles. The first-order chi connectivity index (χ1) is 12.2. The molecule has 2 aromatic heterocycles. The molecule has 2 aliphatic rings. The summed E-state index contributed by atoms with van der Waals surface area (Å²) in [6, 6.07) is 1.45. The summed E-state index contributed by atoms with van der Waals surface area (Å²) >= 11 is 0. The second kappa shape index (κ2) is 5.19. The number of fused-ring (bicyclic) bond motifs is 2. The molecule has 25 heavy (non-hydrogen) atoms. The summed E-state index contributed by atoms with van der Waals surface area (Å²) in [4.78, 5) is 14.7. The second-order valence-electron chi connectivity index (χ2n) is 6.65. The minimum atomic E-state index is -0.366. The van der Waals surface area contributed by atoms with Gasteiger partial charge in [0.2, 0.25) is 0 Å².